The zero-order valence-electron chi connectivity index (χ0n) is 18.9. The van der Waals surface area contributed by atoms with Crippen LogP contribution in [0.3, 0.4) is 0 Å². The van der Waals surface area contributed by atoms with E-state index in [-0.39, 0.29) is 25.4 Å². The molecule has 34 heavy (non-hydrogen) atoms. The molecule has 0 bridgehead atoms. The third-order valence-corrected chi connectivity index (χ3v) is 4.56. The maximum Gasteiger partial charge on any atom is 0.323 e. The van der Waals surface area contributed by atoms with Crippen molar-refractivity contribution in [3.63, 3.8) is 0 Å². The number of carboxylic acids is 1. The average Bonchev–Trinajstić information content (AvgIpc) is 2.79. The standard InChI is InChI=1S/C22H33N3O8.ClH/c23-11-5-9-17(24)22(30)33-16(14-32-20(27)12-18(25)21(28)29)13-31-19(26)10-4-8-15-6-2-1-3-7-15;/h1-3,6-7,16-18H,4-5,8-14,23-25H2,(H,28,29);1H/t16?,17-,18-;/m0./s1. The Morgan fingerprint density at radius 3 is 2.12 bits per heavy atom. The number of rotatable bonds is 16. The molecule has 1 aromatic carbocycles. The van der Waals surface area contributed by atoms with Crippen molar-refractivity contribution in [1.82, 2.24) is 0 Å². The molecule has 0 spiro atoms. The van der Waals surface area contributed by atoms with Gasteiger partial charge in [0.15, 0.2) is 6.10 Å². The summed E-state index contributed by atoms with van der Waals surface area (Å²) in [7, 11) is 0. The average molecular weight is 504 g/mol. The number of hydrogen-bond donors (Lipinski definition) is 4. The second-order valence-corrected chi connectivity index (χ2v) is 7.45. The van der Waals surface area contributed by atoms with Gasteiger partial charge >= 0.3 is 23.9 Å². The van der Waals surface area contributed by atoms with Gasteiger partial charge < -0.3 is 36.5 Å². The number of carbonyl (C=O) groups is 4. The molecule has 192 valence electrons. The molecule has 0 saturated carbocycles. The molecule has 11 nitrogen and oxygen atoms in total. The Bertz CT molecular complexity index is 766. The molecule has 0 amide bonds. The van der Waals surface area contributed by atoms with E-state index in [0.29, 0.717) is 32.2 Å². The first-order valence-corrected chi connectivity index (χ1v) is 10.7. The van der Waals surface area contributed by atoms with Gasteiger partial charge in [0.1, 0.15) is 25.3 Å². The van der Waals surface area contributed by atoms with Gasteiger partial charge in [-0.1, -0.05) is 30.3 Å². The Morgan fingerprint density at radius 2 is 1.53 bits per heavy atom. The van der Waals surface area contributed by atoms with Crippen LogP contribution in [0.4, 0.5) is 0 Å². The molecule has 12 heteroatoms. The molecule has 3 atom stereocenters. The molecule has 7 N–H and O–H groups in total. The Hall–Kier alpha value is -2.73. The number of hydrogen-bond acceptors (Lipinski definition) is 10. The molecule has 0 radical (unpaired) electrons. The monoisotopic (exact) mass is 503 g/mol. The molecule has 0 aromatic heterocycles. The fourth-order valence-corrected chi connectivity index (χ4v) is 2.67. The van der Waals surface area contributed by atoms with Gasteiger partial charge in [-0.15, -0.1) is 12.4 Å². The number of aliphatic carboxylic acids is 1. The van der Waals surface area contributed by atoms with Crippen LogP contribution in [0.15, 0.2) is 30.3 Å². The number of carbonyl (C=O) groups excluding carboxylic acids is 3. The normalized spacial score (nSPS) is 13.0. The van der Waals surface area contributed by atoms with E-state index in [1.807, 2.05) is 30.3 Å². The van der Waals surface area contributed by atoms with E-state index in [1.54, 1.807) is 0 Å². The van der Waals surface area contributed by atoms with Crippen molar-refractivity contribution < 1.29 is 38.5 Å². The van der Waals surface area contributed by atoms with Gasteiger partial charge in [-0.05, 0) is 37.8 Å². The summed E-state index contributed by atoms with van der Waals surface area (Å²) in [5, 5.41) is 8.77. The Labute approximate surface area is 204 Å². The third-order valence-electron chi connectivity index (χ3n) is 4.56. The van der Waals surface area contributed by atoms with Gasteiger partial charge in [-0.3, -0.25) is 19.2 Å². The van der Waals surface area contributed by atoms with Crippen LogP contribution in [0.2, 0.25) is 0 Å². The number of carboxylic acid groups (broad SMARTS) is 1. The lowest BCUT2D eigenvalue weighted by Crippen LogP contribution is -2.39. The highest BCUT2D eigenvalue weighted by Gasteiger charge is 2.24. The minimum absolute atomic E-state index is 0. The molecule has 0 fully saturated rings. The highest BCUT2D eigenvalue weighted by molar-refractivity contribution is 5.85. The van der Waals surface area contributed by atoms with Gasteiger partial charge in [-0.2, -0.15) is 0 Å². The zero-order chi connectivity index (χ0) is 24.6. The molecule has 0 aliphatic heterocycles. The number of halogens is 1. The van der Waals surface area contributed by atoms with Crippen LogP contribution in [0.25, 0.3) is 0 Å². The minimum Gasteiger partial charge on any atom is -0.480 e. The minimum atomic E-state index is -1.43. The number of nitrogens with two attached hydrogens (primary N) is 3. The molecule has 1 rings (SSSR count). The van der Waals surface area contributed by atoms with E-state index in [9.17, 15) is 19.2 Å². The van der Waals surface area contributed by atoms with Crippen molar-refractivity contribution in [2.75, 3.05) is 19.8 Å². The van der Waals surface area contributed by atoms with Gasteiger partial charge in [0.05, 0.1) is 6.42 Å². The van der Waals surface area contributed by atoms with Crippen molar-refractivity contribution in [3.8, 4) is 0 Å². The van der Waals surface area contributed by atoms with Gasteiger partial charge in [0, 0.05) is 6.42 Å². The van der Waals surface area contributed by atoms with Crippen LogP contribution < -0.4 is 17.2 Å². The predicted molar refractivity (Wildman–Crippen MR) is 125 cm³/mol. The number of benzene rings is 1. The van der Waals surface area contributed by atoms with E-state index in [4.69, 9.17) is 36.5 Å². The zero-order valence-corrected chi connectivity index (χ0v) is 19.7. The second-order valence-electron chi connectivity index (χ2n) is 7.45. The highest BCUT2D eigenvalue weighted by Crippen LogP contribution is 2.07. The van der Waals surface area contributed by atoms with E-state index in [1.165, 1.54) is 0 Å². The van der Waals surface area contributed by atoms with Crippen molar-refractivity contribution in [2.24, 2.45) is 17.2 Å². The van der Waals surface area contributed by atoms with Crippen LogP contribution >= 0.6 is 12.4 Å². The lowest BCUT2D eigenvalue weighted by atomic mass is 10.1. The maximum absolute atomic E-state index is 12.2. The first-order chi connectivity index (χ1) is 15.7. The summed E-state index contributed by atoms with van der Waals surface area (Å²) in [6, 6.07) is 7.28. The van der Waals surface area contributed by atoms with Crippen molar-refractivity contribution in [1.29, 1.82) is 0 Å². The lowest BCUT2D eigenvalue weighted by molar-refractivity contribution is -0.168. The number of aryl methyl sites for hydroxylation is 1. The summed E-state index contributed by atoms with van der Waals surface area (Å²) in [5.74, 6) is -3.51. The smallest absolute Gasteiger partial charge is 0.323 e. The van der Waals surface area contributed by atoms with Crippen LogP contribution in [-0.4, -0.2) is 66.9 Å². The fraction of sp³-hybridized carbons (Fsp3) is 0.545. The second kappa shape index (κ2) is 17.7. The quantitative estimate of drug-likeness (QED) is 0.179. The van der Waals surface area contributed by atoms with Gasteiger partial charge in [0.25, 0.3) is 0 Å². The van der Waals surface area contributed by atoms with Crippen molar-refractivity contribution >= 4 is 36.3 Å². The SMILES string of the molecule is Cl.NCCC[C@H](N)C(=O)OC(COC(=O)CCCc1ccccc1)COC(=O)C[C@H](N)C(=O)O. The molecule has 0 saturated heterocycles. The number of esters is 3. The molecule has 1 aromatic rings. The molecular formula is C22H34ClN3O8. The fourth-order valence-electron chi connectivity index (χ4n) is 2.67. The molecule has 0 aliphatic carbocycles. The topological polar surface area (TPSA) is 194 Å². The first kappa shape index (κ1) is 31.3. The Balaban J connectivity index is 0.0000109. The van der Waals surface area contributed by atoms with Crippen LogP contribution in [-0.2, 0) is 39.8 Å². The highest BCUT2D eigenvalue weighted by atomic mass is 35.5. The lowest BCUT2D eigenvalue weighted by Gasteiger charge is -2.20. The Kier molecular flexibility index (Phi) is 16.3. The largest absolute Gasteiger partial charge is 0.480 e. The van der Waals surface area contributed by atoms with E-state index in [0.717, 1.165) is 5.56 Å². The predicted octanol–water partition coefficient (Wildman–Crippen LogP) is 0.298. The van der Waals surface area contributed by atoms with E-state index < -0.39 is 55.1 Å². The summed E-state index contributed by atoms with van der Waals surface area (Å²) in [6.07, 6.45) is 0.563. The van der Waals surface area contributed by atoms with Gasteiger partial charge in [-0.25, -0.2) is 0 Å². The summed E-state index contributed by atoms with van der Waals surface area (Å²) in [5.41, 5.74) is 17.5. The first-order valence-electron chi connectivity index (χ1n) is 10.7. The summed E-state index contributed by atoms with van der Waals surface area (Å²) < 4.78 is 15.3. The maximum atomic E-state index is 12.2. The van der Waals surface area contributed by atoms with Gasteiger partial charge in [0.2, 0.25) is 0 Å². The van der Waals surface area contributed by atoms with Crippen molar-refractivity contribution in [2.45, 2.75) is 56.7 Å². The van der Waals surface area contributed by atoms with Crippen LogP contribution in [0.1, 0.15) is 37.7 Å². The summed E-state index contributed by atoms with van der Waals surface area (Å²) >= 11 is 0. The summed E-state index contributed by atoms with van der Waals surface area (Å²) in [6.45, 7) is -0.442. The third kappa shape index (κ3) is 13.7. The molecule has 1 unspecified atom stereocenters. The van der Waals surface area contributed by atoms with Crippen molar-refractivity contribution in [3.05, 3.63) is 35.9 Å². The summed E-state index contributed by atoms with van der Waals surface area (Å²) in [4.78, 5) is 46.8. The Morgan fingerprint density at radius 1 is 0.912 bits per heavy atom. The molecule has 0 heterocycles. The van der Waals surface area contributed by atoms with Crippen LogP contribution in [0.5, 0.6) is 0 Å². The molecular weight excluding hydrogens is 470 g/mol. The van der Waals surface area contributed by atoms with Crippen LogP contribution in [0, 0.1) is 0 Å². The molecule has 0 aliphatic rings. The number of ether oxygens (including phenoxy) is 3. The van der Waals surface area contributed by atoms with E-state index >= 15 is 0 Å². The van der Waals surface area contributed by atoms with E-state index in [2.05, 4.69) is 0 Å².